The van der Waals surface area contributed by atoms with E-state index in [2.05, 4.69) is 20.0 Å². The largest absolute Gasteiger partial charge is 0.573 e. The lowest BCUT2D eigenvalue weighted by Gasteiger charge is -2.13. The number of rotatable bonds is 9. The molecule has 0 aliphatic carbocycles. The Morgan fingerprint density at radius 3 is 2.29 bits per heavy atom. The molecule has 2 amide bonds. The Hall–Kier alpha value is -4.74. The number of ether oxygens (including phenoxy) is 3. The average molecular weight is 612 g/mol. The van der Waals surface area contributed by atoms with Crippen LogP contribution < -0.4 is 25.8 Å². The van der Waals surface area contributed by atoms with Gasteiger partial charge in [0, 0.05) is 6.07 Å². The lowest BCUT2D eigenvalue weighted by atomic mass is 10.2. The number of nitrogens with one attached hydrogen (secondary N) is 2. The summed E-state index contributed by atoms with van der Waals surface area (Å²) in [5.74, 6) is -1.34. The minimum absolute atomic E-state index is 0.00211. The van der Waals surface area contributed by atoms with Crippen LogP contribution >= 0.6 is 23.2 Å². The molecule has 3 rings (SSSR count). The molecule has 0 saturated heterocycles. The quantitative estimate of drug-likeness (QED) is 0.240. The maximum absolute atomic E-state index is 12.4. The summed E-state index contributed by atoms with van der Waals surface area (Å²) in [4.78, 5) is 35.7. The summed E-state index contributed by atoms with van der Waals surface area (Å²) in [5.41, 5.74) is 2.00. The third-order valence-electron chi connectivity index (χ3n) is 4.79. The van der Waals surface area contributed by atoms with Crippen molar-refractivity contribution in [2.24, 2.45) is 5.10 Å². The highest BCUT2D eigenvalue weighted by molar-refractivity contribution is 6.47. The number of alkyl carbamates (subject to hydrolysis) is 1. The van der Waals surface area contributed by atoms with Crippen LogP contribution in [0.1, 0.15) is 12.5 Å². The molecule has 0 fully saturated rings. The van der Waals surface area contributed by atoms with Crippen LogP contribution in [-0.4, -0.2) is 35.2 Å². The molecule has 0 aliphatic rings. The summed E-state index contributed by atoms with van der Waals surface area (Å²) in [6.45, 7) is 1.56. The van der Waals surface area contributed by atoms with E-state index in [0.29, 0.717) is 5.56 Å². The number of carbonyl (C=O) groups is 2. The molecule has 0 saturated carbocycles. The number of hydrogen-bond donors (Lipinski definition) is 2. The number of benzene rings is 2. The van der Waals surface area contributed by atoms with Gasteiger partial charge in [0.15, 0.2) is 5.75 Å². The number of nitriles is 1. The van der Waals surface area contributed by atoms with Crippen molar-refractivity contribution in [3.05, 3.63) is 80.7 Å². The fourth-order valence-electron chi connectivity index (χ4n) is 3.09. The zero-order valence-corrected chi connectivity index (χ0v) is 22.3. The highest BCUT2D eigenvalue weighted by atomic mass is 35.5. The Balaban J connectivity index is 1.73. The molecule has 0 unspecified atom stereocenters. The lowest BCUT2D eigenvalue weighted by Crippen LogP contribution is -2.36. The summed E-state index contributed by atoms with van der Waals surface area (Å²) >= 11 is 12.6. The number of amides is 2. The Kier molecular flexibility index (Phi) is 10.2. The second-order valence-electron chi connectivity index (χ2n) is 7.75. The van der Waals surface area contributed by atoms with E-state index in [1.807, 2.05) is 5.32 Å². The smallest absolute Gasteiger partial charge is 0.453 e. The van der Waals surface area contributed by atoms with Crippen LogP contribution in [-0.2, 0) is 16.1 Å². The van der Waals surface area contributed by atoms with Crippen LogP contribution in [0.5, 0.6) is 17.2 Å². The number of halogens is 5. The van der Waals surface area contributed by atoms with Gasteiger partial charge in [-0.3, -0.25) is 20.3 Å². The first-order valence-corrected chi connectivity index (χ1v) is 12.1. The first kappa shape index (κ1) is 30.8. The van der Waals surface area contributed by atoms with E-state index < -0.39 is 35.4 Å². The second kappa shape index (κ2) is 13.6. The maximum Gasteiger partial charge on any atom is 0.573 e. The van der Waals surface area contributed by atoms with Crippen molar-refractivity contribution in [3.63, 3.8) is 0 Å². The highest BCUT2D eigenvalue weighted by Gasteiger charge is 2.31. The average Bonchev–Trinajstić information content (AvgIpc) is 2.88. The number of imide groups is 1. The molecule has 11 nitrogen and oxygen atoms in total. The summed E-state index contributed by atoms with van der Waals surface area (Å²) in [5, 5.41) is 14.6. The molecule has 0 bridgehead atoms. The van der Waals surface area contributed by atoms with Crippen LogP contribution in [0.3, 0.4) is 0 Å². The maximum atomic E-state index is 12.4. The highest BCUT2D eigenvalue weighted by Crippen LogP contribution is 2.38. The van der Waals surface area contributed by atoms with Crippen LogP contribution in [0.4, 0.5) is 23.7 Å². The van der Waals surface area contributed by atoms with Gasteiger partial charge in [-0.05, 0) is 42.8 Å². The zero-order chi connectivity index (χ0) is 30.2. The van der Waals surface area contributed by atoms with Gasteiger partial charge in [-0.1, -0.05) is 35.3 Å². The van der Waals surface area contributed by atoms with Gasteiger partial charge in [0.05, 0.1) is 35.1 Å². The van der Waals surface area contributed by atoms with E-state index in [0.717, 1.165) is 12.1 Å². The van der Waals surface area contributed by atoms with Crippen LogP contribution in [0, 0.1) is 11.3 Å². The number of aromatic nitrogens is 1. The minimum atomic E-state index is -4.82. The van der Waals surface area contributed by atoms with Crippen molar-refractivity contribution < 1.29 is 37.0 Å². The molecular formula is C25H18Cl2F3N5O6. The molecule has 2 N–H and O–H groups in total. The predicted octanol–water partition coefficient (Wildman–Crippen LogP) is 5.46. The summed E-state index contributed by atoms with van der Waals surface area (Å²) < 4.78 is 52.5. The molecule has 2 aromatic carbocycles. The van der Waals surface area contributed by atoms with E-state index in [9.17, 15) is 27.6 Å². The molecule has 1 aromatic heterocycles. The molecule has 41 heavy (non-hydrogen) atoms. The fourth-order valence-corrected chi connectivity index (χ4v) is 3.66. The second-order valence-corrected chi connectivity index (χ2v) is 8.57. The Morgan fingerprint density at radius 1 is 1.07 bits per heavy atom. The fraction of sp³-hybridized carbons (Fsp3) is 0.160. The third-order valence-corrected chi connectivity index (χ3v) is 5.35. The SMILES string of the molecule is CCOC(=O)NC(=O)C(C#N)=NNc1cc(Cl)c(Oc2ccc(=O)n(Cc3ccc(OC(F)(F)F)cc3)c2)c(Cl)c1. The Labute approximate surface area is 239 Å². The minimum Gasteiger partial charge on any atom is -0.453 e. The van der Waals surface area contributed by atoms with Crippen molar-refractivity contribution in [2.45, 2.75) is 19.8 Å². The van der Waals surface area contributed by atoms with Gasteiger partial charge in [0.1, 0.15) is 17.6 Å². The predicted molar refractivity (Wildman–Crippen MR) is 141 cm³/mol. The molecule has 0 radical (unpaired) electrons. The van der Waals surface area contributed by atoms with E-state index in [-0.39, 0.29) is 40.4 Å². The number of carbonyl (C=O) groups excluding carboxylic acids is 2. The topological polar surface area (TPSA) is 144 Å². The number of pyridine rings is 1. The van der Waals surface area contributed by atoms with Gasteiger partial charge in [-0.2, -0.15) is 10.4 Å². The first-order chi connectivity index (χ1) is 19.4. The molecule has 16 heteroatoms. The first-order valence-electron chi connectivity index (χ1n) is 11.3. The summed E-state index contributed by atoms with van der Waals surface area (Å²) in [7, 11) is 0. The van der Waals surface area contributed by atoms with E-state index in [1.54, 1.807) is 0 Å². The molecule has 1 heterocycles. The van der Waals surface area contributed by atoms with Crippen molar-refractivity contribution in [1.82, 2.24) is 9.88 Å². The van der Waals surface area contributed by atoms with Gasteiger partial charge in [0.2, 0.25) is 5.71 Å². The molecule has 3 aromatic rings. The molecular weight excluding hydrogens is 594 g/mol. The molecule has 0 aliphatic heterocycles. The van der Waals surface area contributed by atoms with E-state index in [4.69, 9.17) is 33.2 Å². The van der Waals surface area contributed by atoms with Crippen molar-refractivity contribution in [3.8, 4) is 23.3 Å². The van der Waals surface area contributed by atoms with E-state index >= 15 is 0 Å². The van der Waals surface area contributed by atoms with Gasteiger partial charge < -0.3 is 18.8 Å². The molecule has 0 spiro atoms. The number of nitrogens with zero attached hydrogens (tertiary/aromatic N) is 3. The number of alkyl halides is 3. The number of anilines is 1. The summed E-state index contributed by atoms with van der Waals surface area (Å²) in [6, 6.07) is 11.8. The van der Waals surface area contributed by atoms with Crippen molar-refractivity contribution in [1.29, 1.82) is 5.26 Å². The van der Waals surface area contributed by atoms with Crippen molar-refractivity contribution >= 4 is 46.6 Å². The van der Waals surface area contributed by atoms with Gasteiger partial charge in [-0.25, -0.2) is 4.79 Å². The van der Waals surface area contributed by atoms with Crippen LogP contribution in [0.25, 0.3) is 0 Å². The Bertz CT molecular complexity index is 1550. The van der Waals surface area contributed by atoms with Gasteiger partial charge >= 0.3 is 12.5 Å². The summed E-state index contributed by atoms with van der Waals surface area (Å²) in [6.07, 6.45) is -4.52. The van der Waals surface area contributed by atoms with Gasteiger partial charge in [-0.15, -0.1) is 13.2 Å². The molecule has 0 atom stereocenters. The zero-order valence-electron chi connectivity index (χ0n) is 20.8. The van der Waals surface area contributed by atoms with Crippen LogP contribution in [0.15, 0.2) is 64.6 Å². The van der Waals surface area contributed by atoms with Crippen molar-refractivity contribution in [2.75, 3.05) is 12.0 Å². The lowest BCUT2D eigenvalue weighted by molar-refractivity contribution is -0.274. The number of hydrazone groups is 1. The number of hydrogen-bond acceptors (Lipinski definition) is 9. The normalized spacial score (nSPS) is 11.3. The van der Waals surface area contributed by atoms with Gasteiger partial charge in [0.25, 0.3) is 11.5 Å². The Morgan fingerprint density at radius 2 is 1.71 bits per heavy atom. The third kappa shape index (κ3) is 9.16. The molecule has 214 valence electrons. The van der Waals surface area contributed by atoms with E-state index in [1.165, 1.54) is 60.2 Å². The standard InChI is InChI=1S/C25H18Cl2F3N5O6/c1-2-39-24(38)32-23(37)20(11-31)34-33-15-9-18(26)22(19(27)10-15)40-17-7-8-21(36)35(13-17)12-14-3-5-16(6-4-14)41-25(28,29)30/h3-10,13,33H,2,12H2,1H3,(H,32,37,38). The monoisotopic (exact) mass is 611 g/mol. The van der Waals surface area contributed by atoms with Crippen LogP contribution in [0.2, 0.25) is 10.0 Å².